The molecule has 0 spiro atoms. The average Bonchev–Trinajstić information content (AvgIpc) is 3.28. The lowest BCUT2D eigenvalue weighted by atomic mass is 10.0. The summed E-state index contributed by atoms with van der Waals surface area (Å²) in [6.07, 6.45) is 0.326. The fraction of sp³-hybridized carbons (Fsp3) is 0.167. The second-order valence-corrected chi connectivity index (χ2v) is 8.10. The zero-order chi connectivity index (χ0) is 21.6. The number of aliphatic imine (C=N–C) groups is 1. The van der Waals surface area contributed by atoms with Crippen molar-refractivity contribution in [1.29, 1.82) is 0 Å². The van der Waals surface area contributed by atoms with Crippen molar-refractivity contribution in [3.63, 3.8) is 0 Å². The molecule has 7 heteroatoms. The lowest BCUT2D eigenvalue weighted by Crippen LogP contribution is -2.34. The van der Waals surface area contributed by atoms with Crippen LogP contribution in [0.2, 0.25) is 0 Å². The van der Waals surface area contributed by atoms with E-state index < -0.39 is 4.92 Å². The first kappa shape index (κ1) is 20.8. The molecular weight excluding hydrogens is 410 g/mol. The summed E-state index contributed by atoms with van der Waals surface area (Å²) in [5.74, 6) is 0.631. The molecular formula is C24H21N3O3S. The van der Waals surface area contributed by atoms with Crippen LogP contribution in [0.1, 0.15) is 11.1 Å². The zero-order valence-corrected chi connectivity index (χ0v) is 17.6. The van der Waals surface area contributed by atoms with Crippen LogP contribution in [0.15, 0.2) is 83.9 Å². The van der Waals surface area contributed by atoms with Crippen LogP contribution >= 0.6 is 11.8 Å². The minimum Gasteiger partial charge on any atom is -0.289 e. The summed E-state index contributed by atoms with van der Waals surface area (Å²) in [4.78, 5) is 29.4. The van der Waals surface area contributed by atoms with E-state index in [0.717, 1.165) is 22.3 Å². The molecule has 0 aromatic heterocycles. The molecule has 0 saturated carbocycles. The van der Waals surface area contributed by atoms with Gasteiger partial charge < -0.3 is 0 Å². The predicted octanol–water partition coefficient (Wildman–Crippen LogP) is 4.94. The van der Waals surface area contributed by atoms with Gasteiger partial charge in [-0.25, -0.2) is 0 Å². The van der Waals surface area contributed by atoms with E-state index in [1.54, 1.807) is 17.0 Å². The fourth-order valence-corrected chi connectivity index (χ4v) is 4.38. The molecule has 3 aromatic carbocycles. The number of carbonyl (C=O) groups excluding carboxylic acids is 1. The average molecular weight is 432 g/mol. The van der Waals surface area contributed by atoms with Crippen molar-refractivity contribution in [1.82, 2.24) is 4.90 Å². The Morgan fingerprint density at radius 1 is 0.935 bits per heavy atom. The first-order chi connectivity index (χ1) is 15.1. The second kappa shape index (κ2) is 9.57. The Hall–Kier alpha value is -3.45. The van der Waals surface area contributed by atoms with Gasteiger partial charge in [0.25, 0.3) is 5.69 Å². The molecule has 31 heavy (non-hydrogen) atoms. The predicted molar refractivity (Wildman–Crippen MR) is 124 cm³/mol. The Kier molecular flexibility index (Phi) is 6.43. The van der Waals surface area contributed by atoms with Crippen LogP contribution in [0.25, 0.3) is 11.1 Å². The number of hydrogen-bond acceptors (Lipinski definition) is 5. The summed E-state index contributed by atoms with van der Waals surface area (Å²) in [6, 6.07) is 24.7. The lowest BCUT2D eigenvalue weighted by Gasteiger charge is -2.18. The third-order valence-corrected chi connectivity index (χ3v) is 6.12. The molecule has 0 atom stereocenters. The summed E-state index contributed by atoms with van der Waals surface area (Å²) >= 11 is 1.48. The number of nitro groups is 1. The first-order valence-corrected chi connectivity index (χ1v) is 10.9. The van der Waals surface area contributed by atoms with Crippen LogP contribution in [-0.4, -0.2) is 34.0 Å². The minimum absolute atomic E-state index is 0.0277. The molecule has 6 nitrogen and oxygen atoms in total. The smallest absolute Gasteiger partial charge is 0.269 e. The van der Waals surface area contributed by atoms with Crippen molar-refractivity contribution in [3.05, 3.63) is 100 Å². The molecule has 0 N–H and O–H groups in total. The van der Waals surface area contributed by atoms with E-state index in [9.17, 15) is 14.9 Å². The van der Waals surface area contributed by atoms with Crippen LogP contribution in [-0.2, 0) is 17.0 Å². The molecule has 1 amide bonds. The highest BCUT2D eigenvalue weighted by molar-refractivity contribution is 8.13. The summed E-state index contributed by atoms with van der Waals surface area (Å²) < 4.78 is 0. The van der Waals surface area contributed by atoms with Gasteiger partial charge in [-0.2, -0.15) is 0 Å². The van der Waals surface area contributed by atoms with Gasteiger partial charge in [0.1, 0.15) is 0 Å². The molecule has 1 heterocycles. The van der Waals surface area contributed by atoms with E-state index in [4.69, 9.17) is 0 Å². The summed E-state index contributed by atoms with van der Waals surface area (Å²) in [7, 11) is 0. The Balaban J connectivity index is 1.35. The number of nitro benzene ring substituents is 1. The quantitative estimate of drug-likeness (QED) is 0.409. The van der Waals surface area contributed by atoms with Crippen LogP contribution < -0.4 is 0 Å². The maximum atomic E-state index is 12.9. The SMILES string of the molecule is O=C(Cc1ccc(-c2ccccc2)cc1)N1CCN=C1SCc1ccc([N+](=O)[O-])cc1. The normalized spacial score (nSPS) is 13.2. The van der Waals surface area contributed by atoms with E-state index in [1.807, 2.05) is 42.5 Å². The molecule has 0 radical (unpaired) electrons. The van der Waals surface area contributed by atoms with Gasteiger partial charge in [-0.15, -0.1) is 0 Å². The fourth-order valence-electron chi connectivity index (χ4n) is 3.36. The number of rotatable bonds is 6. The minimum atomic E-state index is -0.412. The summed E-state index contributed by atoms with van der Waals surface area (Å²) in [5, 5.41) is 11.5. The molecule has 0 saturated heterocycles. The van der Waals surface area contributed by atoms with E-state index >= 15 is 0 Å². The third kappa shape index (κ3) is 5.19. The van der Waals surface area contributed by atoms with Gasteiger partial charge in [-0.05, 0) is 22.3 Å². The molecule has 3 aromatic rings. The Labute approximate surface area is 184 Å². The number of nitrogens with zero attached hydrogens (tertiary/aromatic N) is 3. The third-order valence-electron chi connectivity index (χ3n) is 5.03. The highest BCUT2D eigenvalue weighted by Gasteiger charge is 2.24. The molecule has 0 bridgehead atoms. The summed E-state index contributed by atoms with van der Waals surface area (Å²) in [5.41, 5.74) is 4.27. The largest absolute Gasteiger partial charge is 0.289 e. The van der Waals surface area contributed by atoms with E-state index in [1.165, 1.54) is 23.9 Å². The number of thioether (sulfide) groups is 1. The van der Waals surface area contributed by atoms with Crippen LogP contribution in [0.4, 0.5) is 5.69 Å². The van der Waals surface area contributed by atoms with E-state index in [-0.39, 0.29) is 11.6 Å². The zero-order valence-electron chi connectivity index (χ0n) is 16.8. The van der Waals surface area contributed by atoms with Crippen molar-refractivity contribution in [2.24, 2.45) is 4.99 Å². The van der Waals surface area contributed by atoms with Crippen molar-refractivity contribution in [2.45, 2.75) is 12.2 Å². The van der Waals surface area contributed by atoms with Crippen LogP contribution in [0.3, 0.4) is 0 Å². The molecule has 0 unspecified atom stereocenters. The maximum absolute atomic E-state index is 12.9. The number of amidine groups is 1. The Bertz CT molecular complexity index is 1100. The molecule has 0 aliphatic carbocycles. The van der Waals surface area contributed by atoms with Crippen molar-refractivity contribution in [2.75, 3.05) is 13.1 Å². The monoisotopic (exact) mass is 431 g/mol. The van der Waals surface area contributed by atoms with E-state index in [2.05, 4.69) is 17.1 Å². The van der Waals surface area contributed by atoms with Gasteiger partial charge in [0.05, 0.1) is 17.9 Å². The molecule has 0 fully saturated rings. The van der Waals surface area contributed by atoms with Gasteiger partial charge in [-0.3, -0.25) is 24.8 Å². The highest BCUT2D eigenvalue weighted by Crippen LogP contribution is 2.23. The molecule has 4 rings (SSSR count). The number of non-ortho nitro benzene ring substituents is 1. The van der Waals surface area contributed by atoms with Crippen LogP contribution in [0, 0.1) is 10.1 Å². The van der Waals surface area contributed by atoms with Gasteiger partial charge in [-0.1, -0.05) is 78.5 Å². The Morgan fingerprint density at radius 2 is 1.58 bits per heavy atom. The highest BCUT2D eigenvalue weighted by atomic mass is 32.2. The maximum Gasteiger partial charge on any atom is 0.269 e. The van der Waals surface area contributed by atoms with E-state index in [0.29, 0.717) is 30.4 Å². The summed E-state index contributed by atoms with van der Waals surface area (Å²) in [6.45, 7) is 1.19. The molecule has 1 aliphatic heterocycles. The molecule has 1 aliphatic rings. The van der Waals surface area contributed by atoms with Gasteiger partial charge >= 0.3 is 0 Å². The van der Waals surface area contributed by atoms with Crippen LogP contribution in [0.5, 0.6) is 0 Å². The van der Waals surface area contributed by atoms with Crippen molar-refractivity contribution < 1.29 is 9.72 Å². The first-order valence-electron chi connectivity index (χ1n) is 9.95. The second-order valence-electron chi connectivity index (χ2n) is 7.16. The van der Waals surface area contributed by atoms with Gasteiger partial charge in [0, 0.05) is 24.4 Å². The van der Waals surface area contributed by atoms with Crippen molar-refractivity contribution in [3.8, 4) is 11.1 Å². The Morgan fingerprint density at radius 3 is 2.26 bits per heavy atom. The van der Waals surface area contributed by atoms with Gasteiger partial charge in [0.2, 0.25) is 5.91 Å². The standard InChI is InChI=1S/C24H21N3O3S/c28-23(16-18-6-10-21(11-7-18)20-4-2-1-3-5-20)26-15-14-25-24(26)31-17-19-8-12-22(13-9-19)27(29)30/h1-13H,14-17H2. The molecule has 156 valence electrons. The number of amides is 1. The number of hydrogen-bond donors (Lipinski definition) is 0. The lowest BCUT2D eigenvalue weighted by molar-refractivity contribution is -0.384. The van der Waals surface area contributed by atoms with Gasteiger partial charge in [0.15, 0.2) is 5.17 Å². The number of carbonyl (C=O) groups is 1. The number of benzene rings is 3. The van der Waals surface area contributed by atoms with Crippen molar-refractivity contribution >= 4 is 28.5 Å². The topological polar surface area (TPSA) is 75.8 Å².